The number of hydrogen-bond acceptors (Lipinski definition) is 4. The maximum atomic E-state index is 11.9. The number of piperidine rings is 1. The molecule has 1 aromatic heterocycles. The van der Waals surface area contributed by atoms with Crippen molar-refractivity contribution in [3.8, 4) is 0 Å². The van der Waals surface area contributed by atoms with E-state index in [1.54, 1.807) is 6.07 Å². The van der Waals surface area contributed by atoms with Crippen LogP contribution in [0, 0.1) is 5.92 Å². The summed E-state index contributed by atoms with van der Waals surface area (Å²) in [4.78, 5) is 23.7. The fraction of sp³-hybridized carbons (Fsp3) is 0.643. The van der Waals surface area contributed by atoms with Gasteiger partial charge in [-0.1, -0.05) is 32.9 Å². The summed E-state index contributed by atoms with van der Waals surface area (Å²) in [6, 6.07) is 0.703. The lowest BCUT2D eigenvalue weighted by Gasteiger charge is -2.28. The van der Waals surface area contributed by atoms with Crippen molar-refractivity contribution in [1.29, 1.82) is 0 Å². The maximum absolute atomic E-state index is 11.9. The van der Waals surface area contributed by atoms with Gasteiger partial charge >= 0.3 is 6.03 Å². The molecule has 1 aromatic rings. The first-order valence-corrected chi connectivity index (χ1v) is 7.10. The van der Waals surface area contributed by atoms with E-state index in [1.165, 1.54) is 0 Å². The molecule has 0 unspecified atom stereocenters. The fourth-order valence-corrected chi connectivity index (χ4v) is 2.15. The molecule has 7 heteroatoms. The van der Waals surface area contributed by atoms with Gasteiger partial charge < -0.3 is 15.2 Å². The van der Waals surface area contributed by atoms with Gasteiger partial charge in [-0.25, -0.2) is 4.79 Å². The zero-order valence-electron chi connectivity index (χ0n) is 12.8. The van der Waals surface area contributed by atoms with Crippen LogP contribution in [0.4, 0.5) is 10.6 Å². The van der Waals surface area contributed by atoms with Crippen LogP contribution >= 0.6 is 0 Å². The summed E-state index contributed by atoms with van der Waals surface area (Å²) in [6.45, 7) is 8.57. The minimum Gasteiger partial charge on any atom is -0.359 e. The van der Waals surface area contributed by atoms with Crippen molar-refractivity contribution in [1.82, 2.24) is 15.8 Å². The van der Waals surface area contributed by atoms with Crippen LogP contribution in [-0.4, -0.2) is 29.7 Å². The van der Waals surface area contributed by atoms with E-state index in [2.05, 4.69) is 21.1 Å². The highest BCUT2D eigenvalue weighted by molar-refractivity contribution is 5.93. The first-order valence-electron chi connectivity index (χ1n) is 7.10. The number of hydrogen-bond donors (Lipinski definition) is 3. The second-order valence-electron chi connectivity index (χ2n) is 6.46. The van der Waals surface area contributed by atoms with Crippen LogP contribution in [0.1, 0.15) is 39.9 Å². The number of carbonyl (C=O) groups excluding carboxylic acids is 2. The highest BCUT2D eigenvalue weighted by Crippen LogP contribution is 2.24. The van der Waals surface area contributed by atoms with E-state index in [9.17, 15) is 9.59 Å². The van der Waals surface area contributed by atoms with Crippen molar-refractivity contribution in [3.63, 3.8) is 0 Å². The molecule has 1 fully saturated rings. The lowest BCUT2D eigenvalue weighted by Crippen LogP contribution is -2.55. The molecule has 0 aromatic carbocycles. The van der Waals surface area contributed by atoms with E-state index in [0.717, 1.165) is 6.42 Å². The summed E-state index contributed by atoms with van der Waals surface area (Å²) in [5, 5.41) is 11.8. The van der Waals surface area contributed by atoms with E-state index in [-0.39, 0.29) is 17.2 Å². The van der Waals surface area contributed by atoms with Crippen LogP contribution in [0.5, 0.6) is 0 Å². The van der Waals surface area contributed by atoms with Crippen molar-refractivity contribution in [2.75, 3.05) is 11.9 Å². The number of aromatic nitrogens is 1. The Morgan fingerprint density at radius 2 is 2.19 bits per heavy atom. The Balaban J connectivity index is 1.95. The van der Waals surface area contributed by atoms with Crippen LogP contribution < -0.4 is 16.0 Å². The number of nitrogens with one attached hydrogen (secondary N) is 3. The van der Waals surface area contributed by atoms with Gasteiger partial charge in [-0.3, -0.25) is 10.1 Å². The third-order valence-electron chi connectivity index (χ3n) is 3.53. The molecule has 1 aliphatic rings. The molecule has 2 atom stereocenters. The Morgan fingerprint density at radius 3 is 2.76 bits per heavy atom. The number of urea groups is 1. The average molecular weight is 294 g/mol. The number of carbonyl (C=O) groups is 2. The minimum atomic E-state index is -0.521. The summed E-state index contributed by atoms with van der Waals surface area (Å²) in [7, 11) is 0. The number of nitrogens with zero attached hydrogens (tertiary/aromatic N) is 1. The van der Waals surface area contributed by atoms with E-state index >= 15 is 0 Å². The lowest BCUT2D eigenvalue weighted by atomic mass is 9.93. The first kappa shape index (κ1) is 15.3. The predicted molar refractivity (Wildman–Crippen MR) is 77.9 cm³/mol. The molecule has 0 bridgehead atoms. The standard InChI is InChI=1S/C14H22N4O3/c1-8-5-6-15-12(19)11(8)17-13(20)16-10-7-9(21-18-10)14(2,3)4/h7-8,11H,5-6H2,1-4H3,(H,15,19)(H2,16,17,18,20)/t8-,11-/m0/s1. The minimum absolute atomic E-state index is 0.104. The molecule has 3 N–H and O–H groups in total. The van der Waals surface area contributed by atoms with Crippen LogP contribution in [0.15, 0.2) is 10.6 Å². The van der Waals surface area contributed by atoms with Gasteiger partial charge in [0.2, 0.25) is 5.91 Å². The van der Waals surface area contributed by atoms with Gasteiger partial charge in [-0.05, 0) is 12.3 Å². The molecular formula is C14H22N4O3. The quantitative estimate of drug-likeness (QED) is 0.772. The Hall–Kier alpha value is -2.05. The normalized spacial score (nSPS) is 22.6. The molecule has 0 aliphatic carbocycles. The summed E-state index contributed by atoms with van der Waals surface area (Å²) in [6.07, 6.45) is 0.842. The summed E-state index contributed by atoms with van der Waals surface area (Å²) >= 11 is 0. The zero-order valence-corrected chi connectivity index (χ0v) is 12.8. The Morgan fingerprint density at radius 1 is 1.48 bits per heavy atom. The van der Waals surface area contributed by atoms with Crippen LogP contribution in [0.2, 0.25) is 0 Å². The summed E-state index contributed by atoms with van der Waals surface area (Å²) < 4.78 is 5.19. The van der Waals surface area contributed by atoms with E-state index < -0.39 is 12.1 Å². The van der Waals surface area contributed by atoms with Gasteiger partial charge in [-0.2, -0.15) is 0 Å². The smallest absolute Gasteiger partial charge is 0.321 e. The SMILES string of the molecule is C[C@H]1CCNC(=O)[C@H]1NC(=O)Nc1cc(C(C)(C)C)on1. The van der Waals surface area contributed by atoms with Gasteiger partial charge in [0.05, 0.1) is 0 Å². The van der Waals surface area contributed by atoms with E-state index in [0.29, 0.717) is 18.1 Å². The van der Waals surface area contributed by atoms with Gasteiger partial charge in [0.1, 0.15) is 11.8 Å². The molecule has 1 saturated heterocycles. The molecule has 0 saturated carbocycles. The monoisotopic (exact) mass is 294 g/mol. The molecule has 0 spiro atoms. The topological polar surface area (TPSA) is 96.3 Å². The van der Waals surface area contributed by atoms with E-state index in [1.807, 2.05) is 27.7 Å². The van der Waals surface area contributed by atoms with E-state index in [4.69, 9.17) is 4.52 Å². The van der Waals surface area contributed by atoms with Gasteiger partial charge in [0.15, 0.2) is 5.82 Å². The summed E-state index contributed by atoms with van der Waals surface area (Å²) in [5.41, 5.74) is -0.179. The molecule has 2 heterocycles. The largest absolute Gasteiger partial charge is 0.359 e. The molecule has 21 heavy (non-hydrogen) atoms. The molecule has 0 radical (unpaired) electrons. The molecule has 7 nitrogen and oxygen atoms in total. The number of amides is 3. The fourth-order valence-electron chi connectivity index (χ4n) is 2.15. The predicted octanol–water partition coefficient (Wildman–Crippen LogP) is 1.62. The van der Waals surface area contributed by atoms with Crippen molar-refractivity contribution in [3.05, 3.63) is 11.8 Å². The van der Waals surface area contributed by atoms with Crippen molar-refractivity contribution >= 4 is 17.8 Å². The van der Waals surface area contributed by atoms with Gasteiger partial charge in [0.25, 0.3) is 0 Å². The molecular weight excluding hydrogens is 272 g/mol. The summed E-state index contributed by atoms with van der Waals surface area (Å²) in [5.74, 6) is 0.967. The van der Waals surface area contributed by atoms with Crippen molar-refractivity contribution in [2.24, 2.45) is 5.92 Å². The maximum Gasteiger partial charge on any atom is 0.321 e. The number of anilines is 1. The second-order valence-corrected chi connectivity index (χ2v) is 6.46. The zero-order chi connectivity index (χ0) is 15.6. The average Bonchev–Trinajstić information content (AvgIpc) is 2.82. The van der Waals surface area contributed by atoms with Gasteiger partial charge in [-0.15, -0.1) is 0 Å². The highest BCUT2D eigenvalue weighted by Gasteiger charge is 2.30. The van der Waals surface area contributed by atoms with Crippen LogP contribution in [0.3, 0.4) is 0 Å². The lowest BCUT2D eigenvalue weighted by molar-refractivity contribution is -0.125. The molecule has 1 aliphatic heterocycles. The highest BCUT2D eigenvalue weighted by atomic mass is 16.5. The van der Waals surface area contributed by atoms with Gasteiger partial charge in [0, 0.05) is 18.0 Å². The third-order valence-corrected chi connectivity index (χ3v) is 3.53. The molecule has 2 rings (SSSR count). The van der Waals surface area contributed by atoms with Crippen molar-refractivity contribution in [2.45, 2.75) is 45.6 Å². The third kappa shape index (κ3) is 3.74. The number of rotatable bonds is 2. The Labute approximate surface area is 123 Å². The molecule has 116 valence electrons. The van der Waals surface area contributed by atoms with Crippen LogP contribution in [-0.2, 0) is 10.2 Å². The Bertz CT molecular complexity index is 533. The second kappa shape index (κ2) is 5.75. The molecule has 3 amide bonds. The van der Waals surface area contributed by atoms with Crippen molar-refractivity contribution < 1.29 is 14.1 Å². The first-order chi connectivity index (χ1) is 9.77. The Kier molecular flexibility index (Phi) is 4.20. The van der Waals surface area contributed by atoms with Crippen LogP contribution in [0.25, 0.3) is 0 Å².